The first-order valence-electron chi connectivity index (χ1n) is 8.09. The van der Waals surface area contributed by atoms with E-state index in [2.05, 4.69) is 16.0 Å². The molecule has 26 heavy (non-hydrogen) atoms. The van der Waals surface area contributed by atoms with Crippen LogP contribution in [-0.4, -0.2) is 45.3 Å². The molecule has 0 aliphatic carbocycles. The molecule has 0 amide bonds. The first kappa shape index (κ1) is 17.8. The molecule has 0 saturated carbocycles. The summed E-state index contributed by atoms with van der Waals surface area (Å²) in [6, 6.07) is 2.14. The standard InChI is InChI=1S/C17H18N4O5/c1-9-16-12(5-18)6-21(17(16)20-8-19-9)15-4-13(25-11(3)23)14(26-15)7-24-10(2)22/h6,8,13-15H,4,7H2,1-3H3. The number of aryl methyl sites for hydroxylation is 1. The molecule has 9 nitrogen and oxygen atoms in total. The van der Waals surface area contributed by atoms with E-state index in [1.807, 2.05) is 0 Å². The number of aromatic nitrogens is 3. The van der Waals surface area contributed by atoms with Crippen molar-refractivity contribution in [3.8, 4) is 6.07 Å². The second-order valence-corrected chi connectivity index (χ2v) is 6.03. The molecule has 0 bridgehead atoms. The van der Waals surface area contributed by atoms with Gasteiger partial charge in [0.2, 0.25) is 0 Å². The number of esters is 2. The Balaban J connectivity index is 1.93. The molecule has 0 radical (unpaired) electrons. The zero-order valence-electron chi connectivity index (χ0n) is 14.6. The third kappa shape index (κ3) is 3.36. The molecule has 1 saturated heterocycles. The second kappa shape index (κ2) is 7.09. The van der Waals surface area contributed by atoms with Gasteiger partial charge in [-0.2, -0.15) is 5.26 Å². The molecule has 1 aliphatic rings. The van der Waals surface area contributed by atoms with Crippen LogP contribution in [0.3, 0.4) is 0 Å². The van der Waals surface area contributed by atoms with E-state index in [-0.39, 0.29) is 6.61 Å². The van der Waals surface area contributed by atoms with Crippen LogP contribution < -0.4 is 0 Å². The molecular formula is C17H18N4O5. The number of carbonyl (C=O) groups is 2. The molecule has 0 spiro atoms. The molecule has 1 aliphatic heterocycles. The van der Waals surface area contributed by atoms with Gasteiger partial charge in [0.15, 0.2) is 0 Å². The lowest BCUT2D eigenvalue weighted by atomic mass is 10.2. The number of carbonyl (C=O) groups excluding carboxylic acids is 2. The van der Waals surface area contributed by atoms with Crippen molar-refractivity contribution in [2.75, 3.05) is 6.61 Å². The Kier molecular flexibility index (Phi) is 4.86. The molecule has 1 fully saturated rings. The minimum Gasteiger partial charge on any atom is -0.463 e. The lowest BCUT2D eigenvalue weighted by Crippen LogP contribution is -2.31. The van der Waals surface area contributed by atoms with E-state index >= 15 is 0 Å². The summed E-state index contributed by atoms with van der Waals surface area (Å²) in [5.74, 6) is -0.888. The van der Waals surface area contributed by atoms with Gasteiger partial charge in [0.1, 0.15) is 43.1 Å². The van der Waals surface area contributed by atoms with Crippen LogP contribution >= 0.6 is 0 Å². The Morgan fingerprint density at radius 1 is 1.38 bits per heavy atom. The zero-order chi connectivity index (χ0) is 18.8. The van der Waals surface area contributed by atoms with Crippen LogP contribution in [0.2, 0.25) is 0 Å². The Bertz CT molecular complexity index is 900. The number of hydrogen-bond acceptors (Lipinski definition) is 8. The third-order valence-corrected chi connectivity index (χ3v) is 4.18. The predicted octanol–water partition coefficient (Wildman–Crippen LogP) is 1.39. The SMILES string of the molecule is CC(=O)OCC1OC(n2cc(C#N)c3c(C)ncnc32)CC1OC(C)=O. The highest BCUT2D eigenvalue weighted by molar-refractivity contribution is 5.85. The molecule has 9 heteroatoms. The molecule has 3 atom stereocenters. The maximum absolute atomic E-state index is 11.4. The van der Waals surface area contributed by atoms with E-state index in [0.29, 0.717) is 28.7 Å². The van der Waals surface area contributed by atoms with Gasteiger partial charge < -0.3 is 18.8 Å². The van der Waals surface area contributed by atoms with Crippen molar-refractivity contribution in [2.24, 2.45) is 0 Å². The van der Waals surface area contributed by atoms with Gasteiger partial charge in [0, 0.05) is 26.5 Å². The normalized spacial score (nSPS) is 22.2. The van der Waals surface area contributed by atoms with Gasteiger partial charge in [-0.1, -0.05) is 0 Å². The van der Waals surface area contributed by atoms with Gasteiger partial charge in [0.25, 0.3) is 0 Å². The highest BCUT2D eigenvalue weighted by Crippen LogP contribution is 2.35. The van der Waals surface area contributed by atoms with Gasteiger partial charge in [-0.3, -0.25) is 9.59 Å². The minimum atomic E-state index is -0.598. The van der Waals surface area contributed by atoms with E-state index in [1.165, 1.54) is 20.2 Å². The van der Waals surface area contributed by atoms with Crippen LogP contribution in [0.25, 0.3) is 11.0 Å². The van der Waals surface area contributed by atoms with Gasteiger partial charge in [-0.05, 0) is 6.92 Å². The van der Waals surface area contributed by atoms with Crippen molar-refractivity contribution in [3.63, 3.8) is 0 Å². The highest BCUT2D eigenvalue weighted by Gasteiger charge is 2.40. The van der Waals surface area contributed by atoms with Crippen molar-refractivity contribution in [3.05, 3.63) is 23.8 Å². The molecule has 0 N–H and O–H groups in total. The van der Waals surface area contributed by atoms with Gasteiger partial charge in [-0.15, -0.1) is 0 Å². The number of hydrogen-bond donors (Lipinski definition) is 0. The number of rotatable bonds is 4. The van der Waals surface area contributed by atoms with E-state index in [0.717, 1.165) is 0 Å². The van der Waals surface area contributed by atoms with Gasteiger partial charge in [0.05, 0.1) is 16.6 Å². The topological polar surface area (TPSA) is 116 Å². The van der Waals surface area contributed by atoms with Crippen molar-refractivity contribution >= 4 is 23.0 Å². The molecule has 2 aromatic heterocycles. The van der Waals surface area contributed by atoms with Gasteiger partial charge in [-0.25, -0.2) is 9.97 Å². The quantitative estimate of drug-likeness (QED) is 0.753. The summed E-state index contributed by atoms with van der Waals surface area (Å²) in [6.45, 7) is 4.38. The smallest absolute Gasteiger partial charge is 0.303 e. The molecule has 3 heterocycles. The van der Waals surface area contributed by atoms with E-state index < -0.39 is 30.4 Å². The van der Waals surface area contributed by atoms with Crippen molar-refractivity contribution < 1.29 is 23.8 Å². The van der Waals surface area contributed by atoms with E-state index in [1.54, 1.807) is 17.7 Å². The molecular weight excluding hydrogens is 340 g/mol. The Morgan fingerprint density at radius 2 is 2.15 bits per heavy atom. The number of fused-ring (bicyclic) bond motifs is 1. The van der Waals surface area contributed by atoms with Crippen LogP contribution in [0.5, 0.6) is 0 Å². The molecule has 136 valence electrons. The molecule has 3 rings (SSSR count). The fourth-order valence-electron chi connectivity index (χ4n) is 3.10. The minimum absolute atomic E-state index is 0.0257. The summed E-state index contributed by atoms with van der Waals surface area (Å²) in [5, 5.41) is 10.1. The fourth-order valence-corrected chi connectivity index (χ4v) is 3.10. The average Bonchev–Trinajstić information content (AvgIpc) is 3.14. The number of nitrogens with zero attached hydrogens (tertiary/aromatic N) is 4. The van der Waals surface area contributed by atoms with E-state index in [4.69, 9.17) is 14.2 Å². The summed E-state index contributed by atoms with van der Waals surface area (Å²) in [6.07, 6.45) is 1.74. The average molecular weight is 358 g/mol. The molecule has 3 unspecified atom stereocenters. The second-order valence-electron chi connectivity index (χ2n) is 6.03. The van der Waals surface area contributed by atoms with Crippen molar-refractivity contribution in [1.82, 2.24) is 14.5 Å². The largest absolute Gasteiger partial charge is 0.463 e. The molecule has 0 aromatic carbocycles. The predicted molar refractivity (Wildman–Crippen MR) is 87.7 cm³/mol. The Labute approximate surface area is 149 Å². The van der Waals surface area contributed by atoms with E-state index in [9.17, 15) is 14.9 Å². The van der Waals surface area contributed by atoms with Crippen molar-refractivity contribution in [2.45, 2.75) is 45.6 Å². The first-order chi connectivity index (χ1) is 12.4. The Hall–Kier alpha value is -2.99. The highest BCUT2D eigenvalue weighted by atomic mass is 16.6. The number of ether oxygens (including phenoxy) is 3. The summed E-state index contributed by atoms with van der Waals surface area (Å²) in [4.78, 5) is 30.9. The Morgan fingerprint density at radius 3 is 2.81 bits per heavy atom. The van der Waals surface area contributed by atoms with Gasteiger partial charge >= 0.3 is 11.9 Å². The lowest BCUT2D eigenvalue weighted by Gasteiger charge is -2.17. The van der Waals surface area contributed by atoms with Crippen LogP contribution in [0.15, 0.2) is 12.5 Å². The molecule has 2 aromatic rings. The first-order valence-corrected chi connectivity index (χ1v) is 8.09. The van der Waals surface area contributed by atoms with Crippen LogP contribution in [0, 0.1) is 18.3 Å². The summed E-state index contributed by atoms with van der Waals surface area (Å²) >= 11 is 0. The van der Waals surface area contributed by atoms with Crippen LogP contribution in [0.4, 0.5) is 0 Å². The maximum Gasteiger partial charge on any atom is 0.303 e. The van der Waals surface area contributed by atoms with Crippen molar-refractivity contribution in [1.29, 1.82) is 5.26 Å². The fraction of sp³-hybridized carbons (Fsp3) is 0.471. The summed E-state index contributed by atoms with van der Waals surface area (Å²) in [7, 11) is 0. The summed E-state index contributed by atoms with van der Waals surface area (Å²) < 4.78 is 18.0. The zero-order valence-corrected chi connectivity index (χ0v) is 14.6. The maximum atomic E-state index is 11.4. The summed E-state index contributed by atoms with van der Waals surface area (Å²) in [5.41, 5.74) is 1.69. The lowest BCUT2D eigenvalue weighted by molar-refractivity contribution is -0.155. The third-order valence-electron chi connectivity index (χ3n) is 4.18. The number of nitriles is 1. The monoisotopic (exact) mass is 358 g/mol. The van der Waals surface area contributed by atoms with Crippen LogP contribution in [-0.2, 0) is 23.8 Å². The van der Waals surface area contributed by atoms with Crippen LogP contribution in [0.1, 0.15) is 37.8 Å².